The molecular weight excluding hydrogens is 350 g/mol. The number of hydrogen-bond donors (Lipinski definition) is 1. The van der Waals surface area contributed by atoms with Gasteiger partial charge in [0.25, 0.3) is 5.91 Å². The number of anilines is 1. The minimum Gasteiger partial charge on any atom is -0.307 e. The molecule has 0 spiro atoms. The minimum absolute atomic E-state index is 0.280. The first-order chi connectivity index (χ1) is 12.6. The molecule has 0 unspecified atom stereocenters. The van der Waals surface area contributed by atoms with Crippen molar-refractivity contribution in [1.82, 2.24) is 19.7 Å². The van der Waals surface area contributed by atoms with Crippen LogP contribution < -0.4 is 5.32 Å². The van der Waals surface area contributed by atoms with Gasteiger partial charge in [-0.1, -0.05) is 41.9 Å². The van der Waals surface area contributed by atoms with Gasteiger partial charge in [0.05, 0.1) is 27.9 Å². The molecule has 7 heteroatoms. The van der Waals surface area contributed by atoms with E-state index in [2.05, 4.69) is 20.4 Å². The monoisotopic (exact) mass is 363 g/mol. The maximum Gasteiger partial charge on any atom is 0.257 e. The minimum atomic E-state index is -0.280. The summed E-state index contributed by atoms with van der Waals surface area (Å²) < 4.78 is 1.65. The molecule has 0 radical (unpaired) electrons. The van der Waals surface area contributed by atoms with Crippen LogP contribution in [0.3, 0.4) is 0 Å². The van der Waals surface area contributed by atoms with E-state index in [1.54, 1.807) is 36.1 Å². The Balaban J connectivity index is 1.80. The molecule has 4 aromatic rings. The van der Waals surface area contributed by atoms with Gasteiger partial charge in [0.15, 0.2) is 5.65 Å². The summed E-state index contributed by atoms with van der Waals surface area (Å²) in [4.78, 5) is 21.6. The predicted molar refractivity (Wildman–Crippen MR) is 101 cm³/mol. The van der Waals surface area contributed by atoms with Gasteiger partial charge < -0.3 is 5.32 Å². The van der Waals surface area contributed by atoms with Crippen LogP contribution in [0, 0.1) is 0 Å². The number of carbonyl (C=O) groups is 1. The molecule has 3 heterocycles. The molecule has 6 nitrogen and oxygen atoms in total. The molecule has 128 valence electrons. The summed E-state index contributed by atoms with van der Waals surface area (Å²) in [7, 11) is 1.80. The fourth-order valence-corrected chi connectivity index (χ4v) is 2.80. The fourth-order valence-electron chi connectivity index (χ4n) is 2.69. The van der Waals surface area contributed by atoms with Gasteiger partial charge in [-0.05, 0) is 18.2 Å². The molecule has 0 aliphatic carbocycles. The first kappa shape index (κ1) is 16.2. The number of fused-ring (bicyclic) bond motifs is 1. The van der Waals surface area contributed by atoms with Crippen LogP contribution in [-0.2, 0) is 7.05 Å². The number of nitrogens with one attached hydrogen (secondary N) is 1. The van der Waals surface area contributed by atoms with Crippen LogP contribution in [0.1, 0.15) is 10.4 Å². The highest BCUT2D eigenvalue weighted by Crippen LogP contribution is 2.25. The smallest absolute Gasteiger partial charge is 0.257 e. The zero-order valence-corrected chi connectivity index (χ0v) is 14.6. The van der Waals surface area contributed by atoms with Crippen molar-refractivity contribution in [3.63, 3.8) is 0 Å². The Morgan fingerprint density at radius 1 is 1.12 bits per heavy atom. The van der Waals surface area contributed by atoms with Crippen molar-refractivity contribution in [3.05, 3.63) is 71.5 Å². The lowest BCUT2D eigenvalue weighted by atomic mass is 10.1. The Bertz CT molecular complexity index is 1090. The van der Waals surface area contributed by atoms with Crippen molar-refractivity contribution in [2.45, 2.75) is 0 Å². The molecule has 0 atom stereocenters. The lowest BCUT2D eigenvalue weighted by Crippen LogP contribution is -2.14. The molecular formula is C19H14ClN5O. The highest BCUT2D eigenvalue weighted by atomic mass is 35.5. The van der Waals surface area contributed by atoms with E-state index in [4.69, 9.17) is 11.6 Å². The summed E-state index contributed by atoms with van der Waals surface area (Å²) in [6.45, 7) is 0. The lowest BCUT2D eigenvalue weighted by Gasteiger charge is -2.08. The maximum atomic E-state index is 12.9. The zero-order chi connectivity index (χ0) is 18.1. The molecule has 3 aromatic heterocycles. The summed E-state index contributed by atoms with van der Waals surface area (Å²) in [5, 5.41) is 8.21. The van der Waals surface area contributed by atoms with Crippen molar-refractivity contribution >= 4 is 34.4 Å². The molecule has 0 fully saturated rings. The van der Waals surface area contributed by atoms with Crippen LogP contribution in [0.5, 0.6) is 0 Å². The fraction of sp³-hybridized carbons (Fsp3) is 0.0526. The van der Waals surface area contributed by atoms with Crippen LogP contribution in [0.2, 0.25) is 5.02 Å². The number of rotatable bonds is 3. The predicted octanol–water partition coefficient (Wildman–Crippen LogP) is 3.94. The largest absolute Gasteiger partial charge is 0.307 e. The molecule has 26 heavy (non-hydrogen) atoms. The second-order valence-electron chi connectivity index (χ2n) is 5.74. The van der Waals surface area contributed by atoms with Gasteiger partial charge in [-0.15, -0.1) is 0 Å². The number of amides is 1. The molecule has 0 aliphatic heterocycles. The van der Waals surface area contributed by atoms with Crippen LogP contribution in [-0.4, -0.2) is 25.7 Å². The van der Waals surface area contributed by atoms with Crippen LogP contribution >= 0.6 is 11.6 Å². The SMILES string of the molecule is Cn1ncc2c(C(=O)Nc3ccc(Cl)cn3)cc(-c3ccccc3)nc21. The van der Waals surface area contributed by atoms with Gasteiger partial charge in [-0.3, -0.25) is 9.48 Å². The molecule has 0 saturated carbocycles. The topological polar surface area (TPSA) is 72.7 Å². The third-order valence-electron chi connectivity index (χ3n) is 3.99. The van der Waals surface area contributed by atoms with E-state index in [1.807, 2.05) is 30.3 Å². The van der Waals surface area contributed by atoms with E-state index in [1.165, 1.54) is 6.20 Å². The first-order valence-corrected chi connectivity index (χ1v) is 8.31. The summed E-state index contributed by atoms with van der Waals surface area (Å²) >= 11 is 5.84. The third kappa shape index (κ3) is 3.02. The van der Waals surface area contributed by atoms with Crippen molar-refractivity contribution < 1.29 is 4.79 Å². The molecule has 0 saturated heterocycles. The number of hydrogen-bond acceptors (Lipinski definition) is 4. The van der Waals surface area contributed by atoms with Gasteiger partial charge in [0, 0.05) is 18.8 Å². The Labute approximate surface area is 154 Å². The summed E-state index contributed by atoms with van der Waals surface area (Å²) in [6, 6.07) is 14.8. The van der Waals surface area contributed by atoms with Gasteiger partial charge in [-0.2, -0.15) is 5.10 Å². The molecule has 4 rings (SSSR count). The average molecular weight is 364 g/mol. The lowest BCUT2D eigenvalue weighted by molar-refractivity contribution is 0.102. The number of pyridine rings is 2. The van der Waals surface area contributed by atoms with Crippen LogP contribution in [0.15, 0.2) is 60.9 Å². The van der Waals surface area contributed by atoms with Crippen molar-refractivity contribution in [2.75, 3.05) is 5.32 Å². The number of nitrogens with zero attached hydrogens (tertiary/aromatic N) is 4. The van der Waals surface area contributed by atoms with E-state index in [0.717, 1.165) is 5.56 Å². The number of halogens is 1. The number of carbonyl (C=O) groups excluding carboxylic acids is 1. The zero-order valence-electron chi connectivity index (χ0n) is 13.8. The normalized spacial score (nSPS) is 10.8. The highest BCUT2D eigenvalue weighted by molar-refractivity contribution is 6.30. The standard InChI is InChI=1S/C19H14ClN5O/c1-25-18-15(11-22-25)14(9-16(23-18)12-5-3-2-4-6-12)19(26)24-17-8-7-13(20)10-21-17/h2-11H,1H3,(H,21,24,26). The molecule has 0 aliphatic rings. The second kappa shape index (κ2) is 6.57. The van der Waals surface area contributed by atoms with E-state index in [9.17, 15) is 4.79 Å². The Morgan fingerprint density at radius 3 is 2.65 bits per heavy atom. The second-order valence-corrected chi connectivity index (χ2v) is 6.18. The Kier molecular flexibility index (Phi) is 4.10. The van der Waals surface area contributed by atoms with Gasteiger partial charge in [0.1, 0.15) is 5.82 Å². The quantitative estimate of drug-likeness (QED) is 0.598. The van der Waals surface area contributed by atoms with E-state index < -0.39 is 0 Å². The summed E-state index contributed by atoms with van der Waals surface area (Å²) in [5.74, 6) is 0.145. The van der Waals surface area contributed by atoms with E-state index in [0.29, 0.717) is 33.1 Å². The number of aromatic nitrogens is 4. The first-order valence-electron chi connectivity index (χ1n) is 7.93. The maximum absolute atomic E-state index is 12.9. The van der Waals surface area contributed by atoms with Gasteiger partial charge in [-0.25, -0.2) is 9.97 Å². The number of benzene rings is 1. The third-order valence-corrected chi connectivity index (χ3v) is 4.21. The van der Waals surface area contributed by atoms with E-state index >= 15 is 0 Å². The van der Waals surface area contributed by atoms with Crippen molar-refractivity contribution in [3.8, 4) is 11.3 Å². The van der Waals surface area contributed by atoms with Gasteiger partial charge >= 0.3 is 0 Å². The highest BCUT2D eigenvalue weighted by Gasteiger charge is 2.17. The van der Waals surface area contributed by atoms with Gasteiger partial charge in [0.2, 0.25) is 0 Å². The van der Waals surface area contributed by atoms with Crippen molar-refractivity contribution in [1.29, 1.82) is 0 Å². The van der Waals surface area contributed by atoms with Crippen LogP contribution in [0.25, 0.3) is 22.3 Å². The Morgan fingerprint density at radius 2 is 1.92 bits per heavy atom. The van der Waals surface area contributed by atoms with Crippen molar-refractivity contribution in [2.24, 2.45) is 7.05 Å². The average Bonchev–Trinajstić information content (AvgIpc) is 3.04. The molecule has 0 bridgehead atoms. The molecule has 1 amide bonds. The Hall–Kier alpha value is -3.25. The molecule has 1 N–H and O–H groups in total. The number of aryl methyl sites for hydroxylation is 1. The molecule has 1 aromatic carbocycles. The summed E-state index contributed by atoms with van der Waals surface area (Å²) in [6.07, 6.45) is 3.13. The van der Waals surface area contributed by atoms with Crippen LogP contribution in [0.4, 0.5) is 5.82 Å². The van der Waals surface area contributed by atoms with E-state index in [-0.39, 0.29) is 5.91 Å². The summed E-state index contributed by atoms with van der Waals surface area (Å²) in [5.41, 5.74) is 2.75.